The number of carbonyl (C=O) groups excluding carboxylic acids is 2. The third kappa shape index (κ3) is 6.35. The summed E-state index contributed by atoms with van der Waals surface area (Å²) in [5.41, 5.74) is 2.64. The number of amides is 2. The van der Waals surface area contributed by atoms with Crippen LogP contribution in [0.2, 0.25) is 0 Å². The van der Waals surface area contributed by atoms with Gasteiger partial charge in [0.05, 0.1) is 13.2 Å². The van der Waals surface area contributed by atoms with E-state index >= 15 is 0 Å². The minimum atomic E-state index is -0.226. The zero-order valence-corrected chi connectivity index (χ0v) is 18.6. The summed E-state index contributed by atoms with van der Waals surface area (Å²) < 4.78 is 10.9. The summed E-state index contributed by atoms with van der Waals surface area (Å²) in [6.45, 7) is 3.80. The van der Waals surface area contributed by atoms with Crippen LogP contribution in [0.5, 0.6) is 11.5 Å². The van der Waals surface area contributed by atoms with Crippen molar-refractivity contribution in [2.45, 2.75) is 26.4 Å². The van der Waals surface area contributed by atoms with E-state index in [0.717, 1.165) is 16.9 Å². The van der Waals surface area contributed by atoms with Crippen LogP contribution in [0.15, 0.2) is 78.9 Å². The van der Waals surface area contributed by atoms with Crippen molar-refractivity contribution in [1.82, 2.24) is 4.90 Å². The first-order valence-electron chi connectivity index (χ1n) is 10.4. The van der Waals surface area contributed by atoms with Gasteiger partial charge in [-0.1, -0.05) is 42.5 Å². The fourth-order valence-corrected chi connectivity index (χ4v) is 3.38. The van der Waals surface area contributed by atoms with Gasteiger partial charge in [-0.2, -0.15) is 0 Å². The Balaban J connectivity index is 1.79. The van der Waals surface area contributed by atoms with E-state index in [1.807, 2.05) is 61.5 Å². The SMILES string of the molecule is COc1ccc(OCC(=O)N(Cc2ccccc2)C(C)c2cccc(NC(C)=O)c2)cc1. The Bertz CT molecular complexity index is 1040. The standard InChI is InChI=1S/C26H28N2O4/c1-19(22-10-7-11-23(16-22)27-20(2)29)28(17-21-8-5-4-6-9-21)26(30)18-32-25-14-12-24(31-3)13-15-25/h4-16,19H,17-18H2,1-3H3,(H,27,29). The van der Waals surface area contributed by atoms with Gasteiger partial charge in [-0.05, 0) is 54.4 Å². The number of benzene rings is 3. The molecule has 0 saturated carbocycles. The molecular formula is C26H28N2O4. The minimum Gasteiger partial charge on any atom is -0.497 e. The molecule has 0 aromatic heterocycles. The molecule has 0 heterocycles. The predicted molar refractivity (Wildman–Crippen MR) is 125 cm³/mol. The third-order valence-corrected chi connectivity index (χ3v) is 5.09. The van der Waals surface area contributed by atoms with Crippen molar-refractivity contribution in [3.05, 3.63) is 90.0 Å². The molecule has 3 aromatic carbocycles. The maximum Gasteiger partial charge on any atom is 0.261 e. The second-order valence-corrected chi connectivity index (χ2v) is 7.45. The highest BCUT2D eigenvalue weighted by Gasteiger charge is 2.23. The van der Waals surface area contributed by atoms with Gasteiger partial charge in [-0.15, -0.1) is 0 Å². The fourth-order valence-electron chi connectivity index (χ4n) is 3.38. The van der Waals surface area contributed by atoms with Gasteiger partial charge in [0, 0.05) is 19.2 Å². The van der Waals surface area contributed by atoms with E-state index in [4.69, 9.17) is 9.47 Å². The number of hydrogen-bond acceptors (Lipinski definition) is 4. The van der Waals surface area contributed by atoms with Crippen LogP contribution in [0.4, 0.5) is 5.69 Å². The average molecular weight is 433 g/mol. The molecule has 0 fully saturated rings. The molecule has 0 saturated heterocycles. The highest BCUT2D eigenvalue weighted by atomic mass is 16.5. The lowest BCUT2D eigenvalue weighted by molar-refractivity contribution is -0.136. The Morgan fingerprint density at radius 2 is 1.62 bits per heavy atom. The van der Waals surface area contributed by atoms with Gasteiger partial charge in [0.15, 0.2) is 6.61 Å². The van der Waals surface area contributed by atoms with Gasteiger partial charge in [-0.3, -0.25) is 9.59 Å². The molecule has 0 radical (unpaired) electrons. The van der Waals surface area contributed by atoms with E-state index < -0.39 is 0 Å². The van der Waals surface area contributed by atoms with Gasteiger partial charge in [-0.25, -0.2) is 0 Å². The normalized spacial score (nSPS) is 11.3. The van der Waals surface area contributed by atoms with Crippen LogP contribution in [-0.2, 0) is 16.1 Å². The smallest absolute Gasteiger partial charge is 0.261 e. The van der Waals surface area contributed by atoms with E-state index in [1.165, 1.54) is 6.92 Å². The molecule has 3 rings (SSSR count). The van der Waals surface area contributed by atoms with Gasteiger partial charge in [0.25, 0.3) is 5.91 Å². The van der Waals surface area contributed by atoms with Crippen LogP contribution in [0.25, 0.3) is 0 Å². The van der Waals surface area contributed by atoms with Crippen LogP contribution in [0, 0.1) is 0 Å². The number of ether oxygens (including phenoxy) is 2. The first-order valence-corrected chi connectivity index (χ1v) is 10.4. The molecule has 0 aliphatic heterocycles. The van der Waals surface area contributed by atoms with Crippen LogP contribution >= 0.6 is 0 Å². The molecule has 1 N–H and O–H groups in total. The van der Waals surface area contributed by atoms with Crippen molar-refractivity contribution in [1.29, 1.82) is 0 Å². The number of nitrogens with zero attached hydrogens (tertiary/aromatic N) is 1. The van der Waals surface area contributed by atoms with E-state index in [9.17, 15) is 9.59 Å². The van der Waals surface area contributed by atoms with Crippen molar-refractivity contribution >= 4 is 17.5 Å². The Morgan fingerprint density at radius 3 is 2.28 bits per heavy atom. The maximum atomic E-state index is 13.2. The summed E-state index contributed by atoms with van der Waals surface area (Å²) >= 11 is 0. The molecule has 32 heavy (non-hydrogen) atoms. The fraction of sp³-hybridized carbons (Fsp3) is 0.231. The lowest BCUT2D eigenvalue weighted by atomic mass is 10.0. The zero-order valence-electron chi connectivity index (χ0n) is 18.6. The summed E-state index contributed by atoms with van der Waals surface area (Å²) in [5.74, 6) is 1.04. The number of nitrogens with one attached hydrogen (secondary N) is 1. The molecule has 6 nitrogen and oxygen atoms in total. The predicted octanol–water partition coefficient (Wildman–Crippen LogP) is 4.82. The molecule has 2 amide bonds. The van der Waals surface area contributed by atoms with Gasteiger partial charge in [0.2, 0.25) is 5.91 Å². The van der Waals surface area contributed by atoms with E-state index in [2.05, 4.69) is 5.32 Å². The quantitative estimate of drug-likeness (QED) is 0.526. The van der Waals surface area contributed by atoms with Crippen LogP contribution in [0.1, 0.15) is 31.0 Å². The summed E-state index contributed by atoms with van der Waals surface area (Å²) in [4.78, 5) is 26.4. The lowest BCUT2D eigenvalue weighted by Crippen LogP contribution is -2.36. The highest BCUT2D eigenvalue weighted by molar-refractivity contribution is 5.88. The number of carbonyl (C=O) groups is 2. The van der Waals surface area contributed by atoms with E-state index in [1.54, 1.807) is 36.3 Å². The van der Waals surface area contributed by atoms with Crippen molar-refractivity contribution in [3.63, 3.8) is 0 Å². The molecule has 6 heteroatoms. The number of rotatable bonds is 9. The first-order chi connectivity index (χ1) is 15.5. The second kappa shape index (κ2) is 11.0. The van der Waals surface area contributed by atoms with E-state index in [0.29, 0.717) is 18.0 Å². The summed E-state index contributed by atoms with van der Waals surface area (Å²) in [5, 5.41) is 2.80. The third-order valence-electron chi connectivity index (χ3n) is 5.09. The molecule has 166 valence electrons. The summed E-state index contributed by atoms with van der Waals surface area (Å²) in [6.07, 6.45) is 0. The Hall–Kier alpha value is -3.80. The van der Waals surface area contributed by atoms with Crippen LogP contribution in [0.3, 0.4) is 0 Å². The van der Waals surface area contributed by atoms with Crippen LogP contribution in [-0.4, -0.2) is 30.4 Å². The van der Waals surface area contributed by atoms with Crippen molar-refractivity contribution in [3.8, 4) is 11.5 Å². The topological polar surface area (TPSA) is 67.9 Å². The Labute approximate surface area is 188 Å². The van der Waals surface area contributed by atoms with Gasteiger partial charge in [0.1, 0.15) is 11.5 Å². The molecule has 0 bridgehead atoms. The molecule has 0 aliphatic carbocycles. The minimum absolute atomic E-state index is 0.0884. The number of methoxy groups -OCH3 is 1. The summed E-state index contributed by atoms with van der Waals surface area (Å²) in [7, 11) is 1.60. The molecule has 1 unspecified atom stereocenters. The van der Waals surface area contributed by atoms with Crippen LogP contribution < -0.4 is 14.8 Å². The first kappa shape index (κ1) is 22.9. The lowest BCUT2D eigenvalue weighted by Gasteiger charge is -2.30. The van der Waals surface area contributed by atoms with E-state index in [-0.39, 0.29) is 24.5 Å². The maximum absolute atomic E-state index is 13.2. The largest absolute Gasteiger partial charge is 0.497 e. The Kier molecular flexibility index (Phi) is 7.86. The van der Waals surface area contributed by atoms with Crippen molar-refractivity contribution in [2.24, 2.45) is 0 Å². The molecule has 0 aliphatic rings. The zero-order chi connectivity index (χ0) is 22.9. The molecule has 1 atom stereocenters. The second-order valence-electron chi connectivity index (χ2n) is 7.45. The van der Waals surface area contributed by atoms with Crippen molar-refractivity contribution < 1.29 is 19.1 Å². The highest BCUT2D eigenvalue weighted by Crippen LogP contribution is 2.26. The average Bonchev–Trinajstić information content (AvgIpc) is 2.81. The van der Waals surface area contributed by atoms with Gasteiger partial charge < -0.3 is 19.7 Å². The number of hydrogen-bond donors (Lipinski definition) is 1. The molecule has 0 spiro atoms. The van der Waals surface area contributed by atoms with Crippen molar-refractivity contribution in [2.75, 3.05) is 19.0 Å². The summed E-state index contributed by atoms with van der Waals surface area (Å²) in [6, 6.07) is 24.3. The molecular weight excluding hydrogens is 404 g/mol. The van der Waals surface area contributed by atoms with Gasteiger partial charge >= 0.3 is 0 Å². The number of anilines is 1. The Morgan fingerprint density at radius 1 is 0.938 bits per heavy atom. The monoisotopic (exact) mass is 432 g/mol. The molecule has 3 aromatic rings.